The predicted octanol–water partition coefficient (Wildman–Crippen LogP) is 3.03. The predicted molar refractivity (Wildman–Crippen MR) is 77.7 cm³/mol. The first kappa shape index (κ1) is 13.6. The van der Waals surface area contributed by atoms with Gasteiger partial charge in [0.25, 0.3) is 0 Å². The largest absolute Gasteiger partial charge is 0.329 e. The van der Waals surface area contributed by atoms with Crippen LogP contribution in [-0.2, 0) is 0 Å². The fourth-order valence-corrected chi connectivity index (χ4v) is 3.34. The SMILES string of the molecule is Cc1cccc(C(CN)N2CC(C)CC2C)c1C. The van der Waals surface area contributed by atoms with Gasteiger partial charge in [-0.3, -0.25) is 4.90 Å². The van der Waals surface area contributed by atoms with Crippen molar-refractivity contribution in [3.05, 3.63) is 34.9 Å². The molecule has 2 nitrogen and oxygen atoms in total. The van der Waals surface area contributed by atoms with E-state index < -0.39 is 0 Å². The summed E-state index contributed by atoms with van der Waals surface area (Å²) in [5.74, 6) is 0.791. The lowest BCUT2D eigenvalue weighted by atomic mass is 9.96. The van der Waals surface area contributed by atoms with E-state index in [1.54, 1.807) is 0 Å². The molecule has 100 valence electrons. The minimum absolute atomic E-state index is 0.379. The summed E-state index contributed by atoms with van der Waals surface area (Å²) in [5, 5.41) is 0. The number of hydrogen-bond donors (Lipinski definition) is 1. The fraction of sp³-hybridized carbons (Fsp3) is 0.625. The summed E-state index contributed by atoms with van der Waals surface area (Å²) in [5.41, 5.74) is 10.3. The van der Waals surface area contributed by atoms with Gasteiger partial charge in [0.2, 0.25) is 0 Å². The van der Waals surface area contributed by atoms with Gasteiger partial charge in [0.1, 0.15) is 0 Å². The maximum atomic E-state index is 6.07. The van der Waals surface area contributed by atoms with Crippen molar-refractivity contribution < 1.29 is 0 Å². The number of aryl methyl sites for hydroxylation is 1. The number of likely N-dealkylation sites (tertiary alicyclic amines) is 1. The molecule has 18 heavy (non-hydrogen) atoms. The summed E-state index contributed by atoms with van der Waals surface area (Å²) in [4.78, 5) is 2.59. The molecule has 1 heterocycles. The van der Waals surface area contributed by atoms with Gasteiger partial charge in [0.05, 0.1) is 0 Å². The van der Waals surface area contributed by atoms with Crippen molar-refractivity contribution in [2.45, 2.75) is 46.2 Å². The molecular formula is C16H26N2. The Hall–Kier alpha value is -0.860. The van der Waals surface area contributed by atoms with Gasteiger partial charge in [0.15, 0.2) is 0 Å². The normalized spacial score (nSPS) is 26.5. The Bertz CT molecular complexity index is 414. The number of hydrogen-bond acceptors (Lipinski definition) is 2. The minimum Gasteiger partial charge on any atom is -0.329 e. The molecule has 0 amide bonds. The number of rotatable bonds is 3. The summed E-state index contributed by atoms with van der Waals surface area (Å²) in [6, 6.07) is 7.61. The van der Waals surface area contributed by atoms with Gasteiger partial charge >= 0.3 is 0 Å². The lowest BCUT2D eigenvalue weighted by molar-refractivity contribution is 0.191. The van der Waals surface area contributed by atoms with E-state index in [0.717, 1.165) is 5.92 Å². The molecule has 0 radical (unpaired) electrons. The molecule has 1 aliphatic heterocycles. The molecule has 1 saturated heterocycles. The molecular weight excluding hydrogens is 220 g/mol. The van der Waals surface area contributed by atoms with E-state index in [1.165, 1.54) is 29.7 Å². The first-order valence-electron chi connectivity index (χ1n) is 7.06. The molecule has 0 bridgehead atoms. The average molecular weight is 246 g/mol. The minimum atomic E-state index is 0.379. The van der Waals surface area contributed by atoms with Crippen LogP contribution in [0.2, 0.25) is 0 Å². The van der Waals surface area contributed by atoms with Crippen molar-refractivity contribution >= 4 is 0 Å². The highest BCUT2D eigenvalue weighted by molar-refractivity contribution is 5.35. The monoisotopic (exact) mass is 246 g/mol. The second kappa shape index (κ2) is 5.41. The highest BCUT2D eigenvalue weighted by Gasteiger charge is 2.32. The van der Waals surface area contributed by atoms with E-state index in [1.807, 2.05) is 0 Å². The number of nitrogens with zero attached hydrogens (tertiary/aromatic N) is 1. The van der Waals surface area contributed by atoms with E-state index in [2.05, 4.69) is 50.8 Å². The molecule has 1 aromatic carbocycles. The van der Waals surface area contributed by atoms with Gasteiger partial charge in [-0.05, 0) is 49.8 Å². The molecule has 2 N–H and O–H groups in total. The topological polar surface area (TPSA) is 29.3 Å². The molecule has 1 aromatic rings. The zero-order valence-electron chi connectivity index (χ0n) is 12.1. The van der Waals surface area contributed by atoms with Crippen LogP contribution >= 0.6 is 0 Å². The smallest absolute Gasteiger partial charge is 0.0476 e. The summed E-state index contributed by atoms with van der Waals surface area (Å²) in [7, 11) is 0. The van der Waals surface area contributed by atoms with Crippen LogP contribution in [0.15, 0.2) is 18.2 Å². The van der Waals surface area contributed by atoms with Gasteiger partial charge in [-0.1, -0.05) is 25.1 Å². The Morgan fingerprint density at radius 3 is 2.61 bits per heavy atom. The highest BCUT2D eigenvalue weighted by Crippen LogP contribution is 2.33. The Balaban J connectivity index is 2.31. The quantitative estimate of drug-likeness (QED) is 0.888. The highest BCUT2D eigenvalue weighted by atomic mass is 15.2. The molecule has 2 rings (SSSR count). The third-order valence-corrected chi connectivity index (χ3v) is 4.46. The van der Waals surface area contributed by atoms with Gasteiger partial charge in [-0.25, -0.2) is 0 Å². The summed E-state index contributed by atoms with van der Waals surface area (Å²) < 4.78 is 0. The second-order valence-corrected chi connectivity index (χ2v) is 5.93. The van der Waals surface area contributed by atoms with E-state index in [-0.39, 0.29) is 0 Å². The van der Waals surface area contributed by atoms with Crippen LogP contribution in [0.1, 0.15) is 43.0 Å². The van der Waals surface area contributed by atoms with Crippen LogP contribution < -0.4 is 5.73 Å². The molecule has 0 aliphatic carbocycles. The van der Waals surface area contributed by atoms with Crippen LogP contribution in [0.4, 0.5) is 0 Å². The first-order valence-corrected chi connectivity index (χ1v) is 7.06. The van der Waals surface area contributed by atoms with Crippen LogP contribution in [0.5, 0.6) is 0 Å². The fourth-order valence-electron chi connectivity index (χ4n) is 3.34. The van der Waals surface area contributed by atoms with Gasteiger partial charge in [-0.2, -0.15) is 0 Å². The zero-order chi connectivity index (χ0) is 13.3. The van der Waals surface area contributed by atoms with Crippen LogP contribution in [-0.4, -0.2) is 24.0 Å². The van der Waals surface area contributed by atoms with E-state index >= 15 is 0 Å². The van der Waals surface area contributed by atoms with Gasteiger partial charge in [0, 0.05) is 25.2 Å². The standard InChI is InChI=1S/C16H26N2/c1-11-8-13(3)18(10-11)16(9-17)15-7-5-6-12(2)14(15)4/h5-7,11,13,16H,8-10,17H2,1-4H3. The van der Waals surface area contributed by atoms with Crippen LogP contribution in [0, 0.1) is 19.8 Å². The van der Waals surface area contributed by atoms with Crippen LogP contribution in [0.25, 0.3) is 0 Å². The maximum absolute atomic E-state index is 6.07. The third kappa shape index (κ3) is 2.45. The van der Waals surface area contributed by atoms with E-state index in [4.69, 9.17) is 5.73 Å². The Morgan fingerprint density at radius 2 is 2.06 bits per heavy atom. The third-order valence-electron chi connectivity index (χ3n) is 4.46. The molecule has 2 heteroatoms. The van der Waals surface area contributed by atoms with Gasteiger partial charge < -0.3 is 5.73 Å². The Morgan fingerprint density at radius 1 is 1.33 bits per heavy atom. The molecule has 3 atom stereocenters. The van der Waals surface area contributed by atoms with Crippen molar-refractivity contribution in [3.8, 4) is 0 Å². The van der Waals surface area contributed by atoms with Crippen molar-refractivity contribution in [3.63, 3.8) is 0 Å². The number of benzene rings is 1. The Labute approximate surface area is 111 Å². The molecule has 0 spiro atoms. The zero-order valence-corrected chi connectivity index (χ0v) is 12.1. The van der Waals surface area contributed by atoms with Crippen molar-refractivity contribution in [1.82, 2.24) is 4.90 Å². The van der Waals surface area contributed by atoms with Crippen molar-refractivity contribution in [2.24, 2.45) is 11.7 Å². The second-order valence-electron chi connectivity index (χ2n) is 5.93. The van der Waals surface area contributed by atoms with Crippen molar-refractivity contribution in [1.29, 1.82) is 0 Å². The van der Waals surface area contributed by atoms with E-state index in [9.17, 15) is 0 Å². The average Bonchev–Trinajstić information content (AvgIpc) is 2.65. The van der Waals surface area contributed by atoms with Crippen molar-refractivity contribution in [2.75, 3.05) is 13.1 Å². The van der Waals surface area contributed by atoms with E-state index in [0.29, 0.717) is 18.6 Å². The summed E-state index contributed by atoms with van der Waals surface area (Å²) in [6.45, 7) is 11.0. The molecule has 0 aromatic heterocycles. The molecule has 0 saturated carbocycles. The molecule has 1 fully saturated rings. The molecule has 3 unspecified atom stereocenters. The Kier molecular flexibility index (Phi) is 4.08. The number of nitrogens with two attached hydrogens (primary N) is 1. The lowest BCUT2D eigenvalue weighted by Gasteiger charge is -2.32. The summed E-state index contributed by atoms with van der Waals surface area (Å²) in [6.07, 6.45) is 1.29. The maximum Gasteiger partial charge on any atom is 0.0476 e. The molecule has 1 aliphatic rings. The van der Waals surface area contributed by atoms with Crippen LogP contribution in [0.3, 0.4) is 0 Å². The lowest BCUT2D eigenvalue weighted by Crippen LogP contribution is -2.36. The first-order chi connectivity index (χ1) is 8.54. The summed E-state index contributed by atoms with van der Waals surface area (Å²) >= 11 is 0. The van der Waals surface area contributed by atoms with Gasteiger partial charge in [-0.15, -0.1) is 0 Å².